The number of hydrogen-bond donors (Lipinski definition) is 2. The summed E-state index contributed by atoms with van der Waals surface area (Å²) in [4.78, 5) is 4.27. The quantitative estimate of drug-likeness (QED) is 0.491. The molecule has 2 rings (SSSR count). The van der Waals surface area contributed by atoms with Crippen molar-refractivity contribution in [3.63, 3.8) is 0 Å². The molecule has 0 spiro atoms. The number of aliphatic imine (C=N–C) groups is 1. The van der Waals surface area contributed by atoms with E-state index in [1.165, 1.54) is 16.8 Å². The summed E-state index contributed by atoms with van der Waals surface area (Å²) in [5.74, 6) is 0.829. The molecule has 2 heterocycles. The monoisotopic (exact) mass is 305 g/mol. The van der Waals surface area contributed by atoms with Gasteiger partial charge in [-0.05, 0) is 26.7 Å². The van der Waals surface area contributed by atoms with Gasteiger partial charge >= 0.3 is 0 Å². The van der Waals surface area contributed by atoms with Gasteiger partial charge in [0.25, 0.3) is 0 Å². The van der Waals surface area contributed by atoms with E-state index in [-0.39, 0.29) is 0 Å². The summed E-state index contributed by atoms with van der Waals surface area (Å²) in [5.41, 5.74) is 4.95. The van der Waals surface area contributed by atoms with Gasteiger partial charge in [-0.25, -0.2) is 0 Å². The Morgan fingerprint density at radius 3 is 2.82 bits per heavy atom. The highest BCUT2D eigenvalue weighted by molar-refractivity contribution is 5.79. The third kappa shape index (κ3) is 4.34. The van der Waals surface area contributed by atoms with Gasteiger partial charge in [0.1, 0.15) is 0 Å². The van der Waals surface area contributed by atoms with Crippen molar-refractivity contribution >= 4 is 5.96 Å². The van der Waals surface area contributed by atoms with E-state index in [1.807, 2.05) is 18.7 Å². The molecule has 0 saturated heterocycles. The van der Waals surface area contributed by atoms with Gasteiger partial charge in [0, 0.05) is 38.4 Å². The topological polar surface area (TPSA) is 63.5 Å². The van der Waals surface area contributed by atoms with E-state index in [9.17, 15) is 0 Å². The van der Waals surface area contributed by atoms with Crippen LogP contribution in [0.5, 0.6) is 0 Å². The number of hydrogen-bond acceptors (Lipinski definition) is 3. The van der Waals surface area contributed by atoms with Crippen molar-refractivity contribution in [1.82, 2.24) is 20.4 Å². The highest BCUT2D eigenvalue weighted by Gasteiger charge is 2.10. The Morgan fingerprint density at radius 2 is 2.23 bits per heavy atom. The van der Waals surface area contributed by atoms with E-state index in [4.69, 9.17) is 4.74 Å². The Hall–Kier alpha value is -1.82. The van der Waals surface area contributed by atoms with Gasteiger partial charge in [-0.1, -0.05) is 11.6 Å². The fourth-order valence-corrected chi connectivity index (χ4v) is 2.60. The van der Waals surface area contributed by atoms with E-state index in [0.717, 1.165) is 50.8 Å². The number of aromatic nitrogens is 2. The Kier molecular flexibility index (Phi) is 6.00. The van der Waals surface area contributed by atoms with Crippen LogP contribution in [0.15, 0.2) is 16.6 Å². The molecule has 6 nitrogen and oxygen atoms in total. The summed E-state index contributed by atoms with van der Waals surface area (Å²) in [6.45, 7) is 7.35. The normalized spacial score (nSPS) is 15.6. The van der Waals surface area contributed by atoms with Crippen LogP contribution in [-0.2, 0) is 18.3 Å². The first-order chi connectivity index (χ1) is 10.6. The van der Waals surface area contributed by atoms with Crippen molar-refractivity contribution in [2.24, 2.45) is 12.0 Å². The first-order valence-electron chi connectivity index (χ1n) is 7.81. The van der Waals surface area contributed by atoms with Crippen LogP contribution < -0.4 is 10.6 Å². The number of ether oxygens (including phenoxy) is 1. The smallest absolute Gasteiger partial charge is 0.191 e. The van der Waals surface area contributed by atoms with Gasteiger partial charge in [0.05, 0.1) is 18.9 Å². The van der Waals surface area contributed by atoms with Crippen molar-refractivity contribution in [2.75, 3.05) is 26.8 Å². The number of nitrogens with zero attached hydrogens (tertiary/aromatic N) is 3. The molecule has 0 bridgehead atoms. The van der Waals surface area contributed by atoms with Gasteiger partial charge < -0.3 is 15.4 Å². The van der Waals surface area contributed by atoms with Crippen LogP contribution in [0.3, 0.4) is 0 Å². The van der Waals surface area contributed by atoms with Crippen LogP contribution in [0.25, 0.3) is 0 Å². The summed E-state index contributed by atoms with van der Waals surface area (Å²) in [5, 5.41) is 11.2. The second-order valence-corrected chi connectivity index (χ2v) is 5.56. The molecule has 1 aliphatic heterocycles. The number of aryl methyl sites for hydroxylation is 2. The lowest BCUT2D eigenvalue weighted by Crippen LogP contribution is -2.37. The molecule has 1 aliphatic rings. The summed E-state index contributed by atoms with van der Waals surface area (Å²) < 4.78 is 7.24. The second kappa shape index (κ2) is 7.98. The maximum absolute atomic E-state index is 5.32. The standard InChI is InChI=1S/C16H27N5O/c1-12-15(13(2)21(4)20-12)11-19-16(17-3)18-8-5-14-6-9-22-10-7-14/h6H,5,7-11H2,1-4H3,(H2,17,18,19). The molecule has 0 aliphatic carbocycles. The minimum Gasteiger partial charge on any atom is -0.377 e. The highest BCUT2D eigenvalue weighted by atomic mass is 16.5. The molecule has 0 radical (unpaired) electrons. The third-order valence-corrected chi connectivity index (χ3v) is 4.11. The molecule has 0 fully saturated rings. The van der Waals surface area contributed by atoms with Crippen LogP contribution in [0.4, 0.5) is 0 Å². The van der Waals surface area contributed by atoms with E-state index < -0.39 is 0 Å². The maximum atomic E-state index is 5.32. The van der Waals surface area contributed by atoms with E-state index in [0.29, 0.717) is 0 Å². The predicted molar refractivity (Wildman–Crippen MR) is 89.0 cm³/mol. The van der Waals surface area contributed by atoms with Crippen molar-refractivity contribution in [3.05, 3.63) is 28.6 Å². The molecule has 0 saturated carbocycles. The molecule has 122 valence electrons. The predicted octanol–water partition coefficient (Wildman–Crippen LogP) is 1.44. The molecule has 0 aromatic carbocycles. The molecule has 0 unspecified atom stereocenters. The fraction of sp³-hybridized carbons (Fsp3) is 0.625. The van der Waals surface area contributed by atoms with Crippen LogP contribution in [0.1, 0.15) is 29.8 Å². The molecular weight excluding hydrogens is 278 g/mol. The molecule has 22 heavy (non-hydrogen) atoms. The molecule has 0 atom stereocenters. The minimum atomic E-state index is 0.738. The summed E-state index contributed by atoms with van der Waals surface area (Å²) in [6, 6.07) is 0. The molecule has 1 aromatic heterocycles. The van der Waals surface area contributed by atoms with E-state index in [2.05, 4.69) is 33.7 Å². The Bertz CT molecular complexity index is 559. The lowest BCUT2D eigenvalue weighted by molar-refractivity contribution is 0.153. The zero-order valence-electron chi connectivity index (χ0n) is 14.1. The Labute approximate surface area is 132 Å². The molecule has 6 heteroatoms. The summed E-state index contributed by atoms with van der Waals surface area (Å²) in [7, 11) is 3.77. The SMILES string of the molecule is CN=C(NCCC1=CCOCC1)NCc1c(C)nn(C)c1C. The zero-order valence-corrected chi connectivity index (χ0v) is 14.1. The lowest BCUT2D eigenvalue weighted by atomic mass is 10.1. The average molecular weight is 305 g/mol. The lowest BCUT2D eigenvalue weighted by Gasteiger charge is -2.15. The van der Waals surface area contributed by atoms with E-state index in [1.54, 1.807) is 7.05 Å². The molecule has 0 amide bonds. The fourth-order valence-electron chi connectivity index (χ4n) is 2.60. The van der Waals surface area contributed by atoms with Gasteiger partial charge in [-0.3, -0.25) is 9.67 Å². The summed E-state index contributed by atoms with van der Waals surface area (Å²) >= 11 is 0. The first-order valence-corrected chi connectivity index (χ1v) is 7.81. The third-order valence-electron chi connectivity index (χ3n) is 4.11. The molecule has 2 N–H and O–H groups in total. The van der Waals surface area contributed by atoms with Gasteiger partial charge in [0.15, 0.2) is 5.96 Å². The Balaban J connectivity index is 1.79. The number of nitrogens with one attached hydrogen (secondary N) is 2. The summed E-state index contributed by atoms with van der Waals surface area (Å²) in [6.07, 6.45) is 4.26. The first kappa shape index (κ1) is 16.5. The van der Waals surface area contributed by atoms with Crippen LogP contribution >= 0.6 is 0 Å². The zero-order chi connectivity index (χ0) is 15.9. The van der Waals surface area contributed by atoms with Gasteiger partial charge in [-0.15, -0.1) is 0 Å². The minimum absolute atomic E-state index is 0.738. The van der Waals surface area contributed by atoms with Gasteiger partial charge in [0.2, 0.25) is 0 Å². The van der Waals surface area contributed by atoms with Crippen LogP contribution in [0.2, 0.25) is 0 Å². The van der Waals surface area contributed by atoms with Gasteiger partial charge in [-0.2, -0.15) is 5.10 Å². The molecular formula is C16H27N5O. The number of guanidine groups is 1. The Morgan fingerprint density at radius 1 is 1.41 bits per heavy atom. The molecule has 1 aromatic rings. The maximum Gasteiger partial charge on any atom is 0.191 e. The van der Waals surface area contributed by atoms with Crippen LogP contribution in [-0.4, -0.2) is 42.5 Å². The largest absolute Gasteiger partial charge is 0.377 e. The highest BCUT2D eigenvalue weighted by Crippen LogP contribution is 2.12. The van der Waals surface area contributed by atoms with Crippen molar-refractivity contribution < 1.29 is 4.74 Å². The number of rotatable bonds is 5. The second-order valence-electron chi connectivity index (χ2n) is 5.56. The average Bonchev–Trinajstić information content (AvgIpc) is 2.77. The van der Waals surface area contributed by atoms with Crippen molar-refractivity contribution in [2.45, 2.75) is 33.2 Å². The van der Waals surface area contributed by atoms with Crippen molar-refractivity contribution in [1.29, 1.82) is 0 Å². The van der Waals surface area contributed by atoms with Crippen molar-refractivity contribution in [3.8, 4) is 0 Å². The van der Waals surface area contributed by atoms with Crippen LogP contribution in [0, 0.1) is 13.8 Å². The van der Waals surface area contributed by atoms with E-state index >= 15 is 0 Å².